The summed E-state index contributed by atoms with van der Waals surface area (Å²) in [7, 11) is 3.10. The maximum absolute atomic E-state index is 12.1. The van der Waals surface area contributed by atoms with E-state index in [1.807, 2.05) is 0 Å². The normalized spacial score (nSPS) is 10.6. The smallest absolute Gasteiger partial charge is 0.244 e. The van der Waals surface area contributed by atoms with Crippen LogP contribution in [0.5, 0.6) is 11.5 Å². The molecular formula is C21H21N5O4. The van der Waals surface area contributed by atoms with Crippen LogP contribution in [0.1, 0.15) is 5.56 Å². The van der Waals surface area contributed by atoms with Crippen LogP contribution in [0.3, 0.4) is 0 Å². The molecule has 30 heavy (non-hydrogen) atoms. The van der Waals surface area contributed by atoms with Crippen LogP contribution >= 0.6 is 0 Å². The largest absolute Gasteiger partial charge is 0.497 e. The Hall–Kier alpha value is -4.14. The van der Waals surface area contributed by atoms with Crippen molar-refractivity contribution in [3.05, 3.63) is 66.8 Å². The third-order valence-electron chi connectivity index (χ3n) is 4.11. The summed E-state index contributed by atoms with van der Waals surface area (Å²) in [6.45, 7) is -0.159. The minimum atomic E-state index is -0.399. The van der Waals surface area contributed by atoms with Crippen molar-refractivity contribution >= 4 is 23.6 Å². The standard InChI is InChI=1S/C21H21N5O4/c1-29-18-9-3-15(19(11-18)30-2)4-10-20(27)23-12-21(28)25-16-5-7-17(8-6-16)26-14-22-13-24-26/h3-11,13-14H,12H2,1-2H3,(H,23,27)(H,25,28)/b10-4+. The number of hydrogen-bond donors (Lipinski definition) is 2. The summed E-state index contributed by atoms with van der Waals surface area (Å²) in [5, 5.41) is 9.29. The molecule has 0 bridgehead atoms. The molecule has 3 rings (SSSR count). The van der Waals surface area contributed by atoms with E-state index in [1.54, 1.807) is 66.7 Å². The van der Waals surface area contributed by atoms with Gasteiger partial charge in [-0.2, -0.15) is 5.10 Å². The molecule has 0 saturated heterocycles. The van der Waals surface area contributed by atoms with E-state index in [4.69, 9.17) is 9.47 Å². The third kappa shape index (κ3) is 5.44. The highest BCUT2D eigenvalue weighted by Crippen LogP contribution is 2.25. The third-order valence-corrected chi connectivity index (χ3v) is 4.11. The zero-order valence-corrected chi connectivity index (χ0v) is 16.5. The second-order valence-corrected chi connectivity index (χ2v) is 6.09. The summed E-state index contributed by atoms with van der Waals surface area (Å²) < 4.78 is 12.0. The SMILES string of the molecule is COc1ccc(/C=C/C(=O)NCC(=O)Nc2ccc(-n3cncn3)cc2)c(OC)c1. The Bertz CT molecular complexity index is 1030. The lowest BCUT2D eigenvalue weighted by Crippen LogP contribution is -2.31. The van der Waals surface area contributed by atoms with E-state index >= 15 is 0 Å². The average molecular weight is 407 g/mol. The van der Waals surface area contributed by atoms with Crippen LogP contribution in [0, 0.1) is 0 Å². The van der Waals surface area contributed by atoms with E-state index < -0.39 is 5.91 Å². The van der Waals surface area contributed by atoms with Crippen LogP contribution in [0.4, 0.5) is 5.69 Å². The maximum Gasteiger partial charge on any atom is 0.244 e. The first-order valence-corrected chi connectivity index (χ1v) is 9.02. The molecule has 0 saturated carbocycles. The fourth-order valence-corrected chi connectivity index (χ4v) is 2.59. The highest BCUT2D eigenvalue weighted by Gasteiger charge is 2.06. The summed E-state index contributed by atoms with van der Waals surface area (Å²) in [6, 6.07) is 12.3. The number of nitrogens with one attached hydrogen (secondary N) is 2. The van der Waals surface area contributed by atoms with Gasteiger partial charge in [-0.05, 0) is 42.5 Å². The zero-order chi connectivity index (χ0) is 21.3. The topological polar surface area (TPSA) is 107 Å². The summed E-state index contributed by atoms with van der Waals surface area (Å²) in [5.74, 6) is 0.488. The minimum Gasteiger partial charge on any atom is -0.497 e. The van der Waals surface area contributed by atoms with Crippen molar-refractivity contribution in [2.24, 2.45) is 0 Å². The number of benzene rings is 2. The zero-order valence-electron chi connectivity index (χ0n) is 16.5. The van der Waals surface area contributed by atoms with Crippen LogP contribution in [0.15, 0.2) is 61.2 Å². The molecule has 2 amide bonds. The van der Waals surface area contributed by atoms with E-state index in [0.717, 1.165) is 5.69 Å². The van der Waals surface area contributed by atoms with Crippen LogP contribution in [-0.2, 0) is 9.59 Å². The fraction of sp³-hybridized carbons (Fsp3) is 0.143. The van der Waals surface area contributed by atoms with Gasteiger partial charge in [0.1, 0.15) is 24.2 Å². The predicted octanol–water partition coefficient (Wildman–Crippen LogP) is 2.05. The van der Waals surface area contributed by atoms with Gasteiger partial charge >= 0.3 is 0 Å². The number of carbonyl (C=O) groups excluding carboxylic acids is 2. The molecule has 0 radical (unpaired) electrons. The number of ether oxygens (including phenoxy) is 2. The molecule has 2 N–H and O–H groups in total. The molecule has 0 aliphatic heterocycles. The lowest BCUT2D eigenvalue weighted by molar-refractivity contribution is -0.121. The van der Waals surface area contributed by atoms with Gasteiger partial charge in [-0.25, -0.2) is 9.67 Å². The number of hydrogen-bond acceptors (Lipinski definition) is 6. The molecule has 1 heterocycles. The molecule has 0 atom stereocenters. The molecule has 9 nitrogen and oxygen atoms in total. The summed E-state index contributed by atoms with van der Waals surface area (Å²) >= 11 is 0. The predicted molar refractivity (Wildman–Crippen MR) is 112 cm³/mol. The van der Waals surface area contributed by atoms with E-state index in [2.05, 4.69) is 20.7 Å². The Labute approximate surface area is 173 Å². The number of methoxy groups -OCH3 is 2. The summed E-state index contributed by atoms with van der Waals surface area (Å²) in [5.41, 5.74) is 2.14. The number of anilines is 1. The Kier molecular flexibility index (Phi) is 6.78. The van der Waals surface area contributed by atoms with E-state index in [0.29, 0.717) is 22.7 Å². The van der Waals surface area contributed by atoms with Crippen LogP contribution in [0.2, 0.25) is 0 Å². The fourth-order valence-electron chi connectivity index (χ4n) is 2.59. The van der Waals surface area contributed by atoms with Gasteiger partial charge in [0.2, 0.25) is 11.8 Å². The number of rotatable bonds is 8. The maximum atomic E-state index is 12.1. The monoisotopic (exact) mass is 407 g/mol. The first-order valence-electron chi connectivity index (χ1n) is 9.02. The van der Waals surface area contributed by atoms with Crippen LogP contribution in [-0.4, -0.2) is 47.3 Å². The molecule has 9 heteroatoms. The molecule has 0 spiro atoms. The molecule has 0 aliphatic rings. The lowest BCUT2D eigenvalue weighted by Gasteiger charge is -2.08. The molecule has 1 aromatic heterocycles. The Balaban J connectivity index is 1.50. The van der Waals surface area contributed by atoms with Crippen molar-refractivity contribution in [1.29, 1.82) is 0 Å². The summed E-state index contributed by atoms with van der Waals surface area (Å²) in [6.07, 6.45) is 5.97. The van der Waals surface area contributed by atoms with E-state index in [9.17, 15) is 9.59 Å². The molecule has 0 fully saturated rings. The van der Waals surface area contributed by atoms with Gasteiger partial charge < -0.3 is 20.1 Å². The van der Waals surface area contributed by atoms with Gasteiger partial charge in [0.25, 0.3) is 0 Å². The van der Waals surface area contributed by atoms with E-state index in [1.165, 1.54) is 19.5 Å². The minimum absolute atomic E-state index is 0.159. The van der Waals surface area contributed by atoms with Gasteiger partial charge in [-0.1, -0.05) is 0 Å². The van der Waals surface area contributed by atoms with Crippen LogP contribution < -0.4 is 20.1 Å². The van der Waals surface area contributed by atoms with Crippen molar-refractivity contribution in [2.75, 3.05) is 26.1 Å². The number of nitrogens with zero attached hydrogens (tertiary/aromatic N) is 3. The second kappa shape index (κ2) is 9.87. The second-order valence-electron chi connectivity index (χ2n) is 6.09. The Morgan fingerprint density at radius 3 is 2.57 bits per heavy atom. The van der Waals surface area contributed by atoms with Crippen molar-refractivity contribution in [2.45, 2.75) is 0 Å². The quantitative estimate of drug-likeness (QED) is 0.554. The highest BCUT2D eigenvalue weighted by molar-refractivity contribution is 5.98. The van der Waals surface area contributed by atoms with Crippen molar-refractivity contribution < 1.29 is 19.1 Å². The number of aromatic nitrogens is 3. The molecular weight excluding hydrogens is 386 g/mol. The molecule has 3 aromatic rings. The van der Waals surface area contributed by atoms with Gasteiger partial charge in [0, 0.05) is 23.4 Å². The molecule has 0 aliphatic carbocycles. The number of amides is 2. The van der Waals surface area contributed by atoms with Gasteiger partial charge in [0.15, 0.2) is 0 Å². The Morgan fingerprint density at radius 2 is 1.90 bits per heavy atom. The van der Waals surface area contributed by atoms with Gasteiger partial charge in [0.05, 0.1) is 26.5 Å². The van der Waals surface area contributed by atoms with Crippen molar-refractivity contribution in [3.63, 3.8) is 0 Å². The highest BCUT2D eigenvalue weighted by atomic mass is 16.5. The Morgan fingerprint density at radius 1 is 1.10 bits per heavy atom. The van der Waals surface area contributed by atoms with Crippen LogP contribution in [0.25, 0.3) is 11.8 Å². The summed E-state index contributed by atoms with van der Waals surface area (Å²) in [4.78, 5) is 28.0. The molecule has 2 aromatic carbocycles. The first kappa shape index (κ1) is 20.6. The molecule has 0 unspecified atom stereocenters. The molecule has 154 valence electrons. The number of carbonyl (C=O) groups is 2. The lowest BCUT2D eigenvalue weighted by atomic mass is 10.1. The van der Waals surface area contributed by atoms with E-state index in [-0.39, 0.29) is 12.5 Å². The van der Waals surface area contributed by atoms with Crippen molar-refractivity contribution in [1.82, 2.24) is 20.1 Å². The van der Waals surface area contributed by atoms with Crippen molar-refractivity contribution in [3.8, 4) is 17.2 Å². The first-order chi connectivity index (χ1) is 14.6. The average Bonchev–Trinajstić information content (AvgIpc) is 3.31. The van der Waals surface area contributed by atoms with Gasteiger partial charge in [-0.15, -0.1) is 0 Å². The van der Waals surface area contributed by atoms with Gasteiger partial charge in [-0.3, -0.25) is 9.59 Å².